The van der Waals surface area contributed by atoms with Gasteiger partial charge >= 0.3 is 0 Å². The first-order valence-electron chi connectivity index (χ1n) is 9.62. The van der Waals surface area contributed by atoms with Crippen LogP contribution in [0.1, 0.15) is 24.1 Å². The van der Waals surface area contributed by atoms with Gasteiger partial charge in [-0.15, -0.1) is 0 Å². The van der Waals surface area contributed by atoms with Crippen LogP contribution < -0.4 is 10.0 Å². The molecule has 2 N–H and O–H groups in total. The molecule has 0 aromatic heterocycles. The van der Waals surface area contributed by atoms with Crippen molar-refractivity contribution in [3.8, 4) is 0 Å². The Morgan fingerprint density at radius 3 is 2.19 bits per heavy atom. The zero-order chi connectivity index (χ0) is 22.4. The molecule has 0 aliphatic heterocycles. The lowest BCUT2D eigenvalue weighted by Crippen LogP contribution is -2.48. The lowest BCUT2D eigenvalue weighted by atomic mass is 10.0. The largest absolute Gasteiger partial charge is 0.348 e. The molecule has 162 valence electrons. The van der Waals surface area contributed by atoms with Gasteiger partial charge in [0.2, 0.25) is 15.9 Å². The van der Waals surface area contributed by atoms with E-state index in [0.29, 0.717) is 5.02 Å². The van der Waals surface area contributed by atoms with Gasteiger partial charge in [-0.25, -0.2) is 8.42 Å². The highest BCUT2D eigenvalue weighted by Gasteiger charge is 2.27. The SMILES string of the molecule is C[C@@H](NC(=O)[C@H](Cc1ccccc1)NS(=O)(=O)c1ccc(Cl)cc1)c1ccc(Br)cc1. The summed E-state index contributed by atoms with van der Waals surface area (Å²) in [6.07, 6.45) is 0.215. The summed E-state index contributed by atoms with van der Waals surface area (Å²) >= 11 is 9.26. The maximum absolute atomic E-state index is 13.1. The number of sulfonamides is 1. The molecule has 0 aliphatic carbocycles. The quantitative estimate of drug-likeness (QED) is 0.444. The van der Waals surface area contributed by atoms with Gasteiger partial charge in [0.15, 0.2) is 0 Å². The van der Waals surface area contributed by atoms with E-state index in [9.17, 15) is 13.2 Å². The van der Waals surface area contributed by atoms with Crippen LogP contribution in [0.5, 0.6) is 0 Å². The second kappa shape index (κ2) is 10.4. The van der Waals surface area contributed by atoms with Gasteiger partial charge in [0.1, 0.15) is 6.04 Å². The minimum Gasteiger partial charge on any atom is -0.348 e. The molecule has 0 radical (unpaired) electrons. The third-order valence-electron chi connectivity index (χ3n) is 4.75. The molecule has 0 heterocycles. The van der Waals surface area contributed by atoms with Crippen molar-refractivity contribution in [1.29, 1.82) is 0 Å². The molecule has 3 rings (SSSR count). The summed E-state index contributed by atoms with van der Waals surface area (Å²) in [5, 5.41) is 3.35. The van der Waals surface area contributed by atoms with Gasteiger partial charge in [-0.3, -0.25) is 4.79 Å². The van der Waals surface area contributed by atoms with E-state index >= 15 is 0 Å². The van der Waals surface area contributed by atoms with Crippen LogP contribution >= 0.6 is 27.5 Å². The Bertz CT molecular complexity index is 1120. The first-order valence-corrected chi connectivity index (χ1v) is 12.3. The number of hydrogen-bond acceptors (Lipinski definition) is 3. The number of carbonyl (C=O) groups is 1. The Hall–Kier alpha value is -2.19. The average molecular weight is 522 g/mol. The van der Waals surface area contributed by atoms with Crippen LogP contribution in [0.2, 0.25) is 5.02 Å². The monoisotopic (exact) mass is 520 g/mol. The van der Waals surface area contributed by atoms with E-state index in [4.69, 9.17) is 11.6 Å². The van der Waals surface area contributed by atoms with Crippen molar-refractivity contribution in [2.75, 3.05) is 0 Å². The standard InChI is InChI=1S/C23H22BrClN2O3S/c1-16(18-7-9-19(24)10-8-18)26-23(28)22(15-17-5-3-2-4-6-17)27-31(29,30)21-13-11-20(25)12-14-21/h2-14,16,22,27H,15H2,1H3,(H,26,28)/t16-,22+/m1/s1. The summed E-state index contributed by atoms with van der Waals surface area (Å²) in [6.45, 7) is 1.86. The number of hydrogen-bond donors (Lipinski definition) is 2. The fourth-order valence-electron chi connectivity index (χ4n) is 3.06. The lowest BCUT2D eigenvalue weighted by Gasteiger charge is -2.22. The summed E-state index contributed by atoms with van der Waals surface area (Å²) in [6, 6.07) is 21.4. The van der Waals surface area contributed by atoms with E-state index in [1.165, 1.54) is 24.3 Å². The van der Waals surface area contributed by atoms with Crippen LogP contribution in [0.25, 0.3) is 0 Å². The highest BCUT2D eigenvalue weighted by molar-refractivity contribution is 9.10. The second-order valence-electron chi connectivity index (χ2n) is 7.10. The number of amides is 1. The maximum atomic E-state index is 13.1. The van der Waals surface area contributed by atoms with E-state index in [-0.39, 0.29) is 17.4 Å². The molecule has 8 heteroatoms. The van der Waals surface area contributed by atoms with E-state index in [2.05, 4.69) is 26.0 Å². The topological polar surface area (TPSA) is 75.3 Å². The molecular formula is C23H22BrClN2O3S. The fourth-order valence-corrected chi connectivity index (χ4v) is 4.64. The van der Waals surface area contributed by atoms with Crippen LogP contribution in [0, 0.1) is 0 Å². The normalized spacial score (nSPS) is 13.4. The molecule has 0 bridgehead atoms. The molecule has 31 heavy (non-hydrogen) atoms. The number of benzene rings is 3. The molecule has 3 aromatic carbocycles. The summed E-state index contributed by atoms with van der Waals surface area (Å²) in [5.74, 6) is -0.406. The third-order valence-corrected chi connectivity index (χ3v) is 7.02. The van der Waals surface area contributed by atoms with Gasteiger partial charge in [0.25, 0.3) is 0 Å². The summed E-state index contributed by atoms with van der Waals surface area (Å²) in [7, 11) is -3.92. The minimum atomic E-state index is -3.92. The third kappa shape index (κ3) is 6.64. The molecule has 0 spiro atoms. The van der Waals surface area contributed by atoms with Crippen molar-refractivity contribution in [2.45, 2.75) is 30.3 Å². The molecule has 0 fully saturated rings. The molecule has 0 aliphatic rings. The van der Waals surface area contributed by atoms with Crippen LogP contribution in [0.4, 0.5) is 0 Å². The molecule has 2 atom stereocenters. The molecule has 3 aromatic rings. The molecule has 0 unspecified atom stereocenters. The highest BCUT2D eigenvalue weighted by atomic mass is 79.9. The Balaban J connectivity index is 1.82. The number of nitrogens with one attached hydrogen (secondary N) is 2. The zero-order valence-electron chi connectivity index (χ0n) is 16.8. The Morgan fingerprint density at radius 1 is 0.968 bits per heavy atom. The summed E-state index contributed by atoms with van der Waals surface area (Å²) in [4.78, 5) is 13.1. The van der Waals surface area contributed by atoms with Crippen molar-refractivity contribution < 1.29 is 13.2 Å². The predicted molar refractivity (Wildman–Crippen MR) is 126 cm³/mol. The number of rotatable bonds is 8. The Labute approximate surface area is 196 Å². The highest BCUT2D eigenvalue weighted by Crippen LogP contribution is 2.18. The van der Waals surface area contributed by atoms with Gasteiger partial charge < -0.3 is 5.32 Å². The molecule has 1 amide bonds. The first kappa shape index (κ1) is 23.5. The number of halogens is 2. The Kier molecular flexibility index (Phi) is 7.89. The summed E-state index contributed by atoms with van der Waals surface area (Å²) in [5.41, 5.74) is 1.76. The maximum Gasteiger partial charge on any atom is 0.241 e. The van der Waals surface area contributed by atoms with E-state index in [1.54, 1.807) is 0 Å². The molecule has 0 saturated heterocycles. The van der Waals surface area contributed by atoms with Gasteiger partial charge in [0.05, 0.1) is 10.9 Å². The van der Waals surface area contributed by atoms with Crippen molar-refractivity contribution in [3.05, 3.63) is 99.5 Å². The van der Waals surface area contributed by atoms with E-state index in [0.717, 1.165) is 15.6 Å². The van der Waals surface area contributed by atoms with Gasteiger partial charge in [-0.05, 0) is 60.9 Å². The smallest absolute Gasteiger partial charge is 0.241 e. The average Bonchev–Trinajstić information content (AvgIpc) is 2.74. The van der Waals surface area contributed by atoms with Gasteiger partial charge in [-0.1, -0.05) is 70.0 Å². The Morgan fingerprint density at radius 2 is 1.58 bits per heavy atom. The minimum absolute atomic E-state index is 0.0451. The van der Waals surface area contributed by atoms with E-state index < -0.39 is 22.0 Å². The van der Waals surface area contributed by atoms with Crippen molar-refractivity contribution in [2.24, 2.45) is 0 Å². The zero-order valence-corrected chi connectivity index (χ0v) is 19.9. The molecular weight excluding hydrogens is 500 g/mol. The summed E-state index contributed by atoms with van der Waals surface area (Å²) < 4.78 is 29.3. The van der Waals surface area contributed by atoms with Crippen LogP contribution in [0.3, 0.4) is 0 Å². The lowest BCUT2D eigenvalue weighted by molar-refractivity contribution is -0.123. The predicted octanol–water partition coefficient (Wildman–Crippen LogP) is 4.87. The van der Waals surface area contributed by atoms with E-state index in [1.807, 2.05) is 61.5 Å². The van der Waals surface area contributed by atoms with Crippen LogP contribution in [-0.2, 0) is 21.2 Å². The van der Waals surface area contributed by atoms with Crippen LogP contribution in [-0.4, -0.2) is 20.4 Å². The van der Waals surface area contributed by atoms with Crippen molar-refractivity contribution in [1.82, 2.24) is 10.0 Å². The van der Waals surface area contributed by atoms with Crippen molar-refractivity contribution >= 4 is 43.5 Å². The second-order valence-corrected chi connectivity index (χ2v) is 10.2. The fraction of sp³-hybridized carbons (Fsp3) is 0.174. The first-order chi connectivity index (χ1) is 14.7. The van der Waals surface area contributed by atoms with Gasteiger partial charge in [0, 0.05) is 9.50 Å². The van der Waals surface area contributed by atoms with Gasteiger partial charge in [-0.2, -0.15) is 4.72 Å². The number of carbonyl (C=O) groups excluding carboxylic acids is 1. The van der Waals surface area contributed by atoms with Crippen LogP contribution in [0.15, 0.2) is 88.2 Å². The molecule has 5 nitrogen and oxygen atoms in total. The molecule has 0 saturated carbocycles. The van der Waals surface area contributed by atoms with Crippen molar-refractivity contribution in [3.63, 3.8) is 0 Å².